The molecule has 0 fully saturated rings. The molecule has 0 amide bonds. The number of thiophene rings is 1. The summed E-state index contributed by atoms with van der Waals surface area (Å²) in [5.74, 6) is -0.585. The van der Waals surface area contributed by atoms with Gasteiger partial charge in [0.2, 0.25) is 5.82 Å². The van der Waals surface area contributed by atoms with E-state index in [1.165, 1.54) is 11.3 Å². The van der Waals surface area contributed by atoms with Gasteiger partial charge in [0, 0.05) is 28.9 Å². The van der Waals surface area contributed by atoms with Crippen LogP contribution in [0.3, 0.4) is 0 Å². The molecular formula is C20H13N2O3S-. The van der Waals surface area contributed by atoms with Crippen LogP contribution in [-0.4, -0.2) is 16.1 Å². The molecule has 0 spiro atoms. The molecule has 0 saturated carbocycles. The van der Waals surface area contributed by atoms with Crippen molar-refractivity contribution < 1.29 is 14.4 Å². The number of rotatable bonds is 5. The first kappa shape index (κ1) is 16.2. The molecule has 26 heavy (non-hydrogen) atoms. The number of hydrogen-bond donors (Lipinski definition) is 0. The number of hydrogen-bond acceptors (Lipinski definition) is 6. The molecule has 0 bridgehead atoms. The topological polar surface area (TPSA) is 79.0 Å². The number of nitrogens with zero attached hydrogens (tertiary/aromatic N) is 2. The highest BCUT2D eigenvalue weighted by Gasteiger charge is 2.14. The molecule has 0 saturated heterocycles. The zero-order valence-electron chi connectivity index (χ0n) is 13.6. The van der Waals surface area contributed by atoms with Crippen LogP contribution in [0.2, 0.25) is 0 Å². The average molecular weight is 361 g/mol. The van der Waals surface area contributed by atoms with Gasteiger partial charge in [0.1, 0.15) is 0 Å². The van der Waals surface area contributed by atoms with Crippen molar-refractivity contribution in [1.29, 1.82) is 0 Å². The number of carbonyl (C=O) groups excluding carboxylic acids is 1. The Morgan fingerprint density at radius 1 is 1.15 bits per heavy atom. The van der Waals surface area contributed by atoms with Gasteiger partial charge in [-0.05, 0) is 33.9 Å². The molecule has 6 heteroatoms. The van der Waals surface area contributed by atoms with E-state index in [1.807, 2.05) is 59.3 Å². The Kier molecular flexibility index (Phi) is 4.33. The summed E-state index contributed by atoms with van der Waals surface area (Å²) >= 11 is 1.53. The molecule has 5 nitrogen and oxygen atoms in total. The predicted octanol–water partition coefficient (Wildman–Crippen LogP) is 3.63. The summed E-state index contributed by atoms with van der Waals surface area (Å²) < 4.78 is 5.32. The van der Waals surface area contributed by atoms with Crippen LogP contribution in [0.5, 0.6) is 0 Å². The summed E-state index contributed by atoms with van der Waals surface area (Å²) in [7, 11) is 0. The van der Waals surface area contributed by atoms with Crippen molar-refractivity contribution in [2.24, 2.45) is 0 Å². The van der Waals surface area contributed by atoms with E-state index in [2.05, 4.69) is 10.1 Å². The molecule has 0 aliphatic rings. The highest BCUT2D eigenvalue weighted by atomic mass is 32.1. The summed E-state index contributed by atoms with van der Waals surface area (Å²) in [5.41, 5.74) is 2.13. The molecule has 0 aliphatic heterocycles. The quantitative estimate of drug-likeness (QED) is 0.542. The molecule has 0 atom stereocenters. The predicted molar refractivity (Wildman–Crippen MR) is 99.1 cm³/mol. The van der Waals surface area contributed by atoms with Crippen molar-refractivity contribution in [3.8, 4) is 11.4 Å². The standard InChI is InChI=1S/C20H14N2O3S/c23-18(24)11-16(20-21-19(22-25-20)15-8-9-26-12-15)10-14-6-3-5-13-4-1-2-7-17(13)14/h1-10,12H,11H2,(H,23,24)/p-1/b16-10+. The first-order valence-electron chi connectivity index (χ1n) is 7.95. The molecule has 2 aromatic heterocycles. The van der Waals surface area contributed by atoms with Crippen LogP contribution in [0, 0.1) is 0 Å². The zero-order valence-corrected chi connectivity index (χ0v) is 14.4. The lowest BCUT2D eigenvalue weighted by Crippen LogP contribution is -2.22. The van der Waals surface area contributed by atoms with Crippen LogP contribution in [0.4, 0.5) is 0 Å². The van der Waals surface area contributed by atoms with Gasteiger partial charge in [0.25, 0.3) is 5.89 Å². The molecule has 4 rings (SSSR count). The minimum absolute atomic E-state index is 0.184. The smallest absolute Gasteiger partial charge is 0.254 e. The van der Waals surface area contributed by atoms with Crippen LogP contribution < -0.4 is 5.11 Å². The fourth-order valence-corrected chi connectivity index (χ4v) is 3.41. The van der Waals surface area contributed by atoms with E-state index < -0.39 is 5.97 Å². The van der Waals surface area contributed by atoms with E-state index in [0.29, 0.717) is 11.4 Å². The molecular weight excluding hydrogens is 348 g/mol. The van der Waals surface area contributed by atoms with Crippen LogP contribution in [0.25, 0.3) is 33.8 Å². The number of aliphatic carboxylic acids is 1. The van der Waals surface area contributed by atoms with Crippen LogP contribution in [0.15, 0.2) is 63.8 Å². The third kappa shape index (κ3) is 3.27. The minimum atomic E-state index is -1.20. The average Bonchev–Trinajstić information content (AvgIpc) is 3.32. The number of carbonyl (C=O) groups is 1. The van der Waals surface area contributed by atoms with Gasteiger partial charge in [0.05, 0.1) is 0 Å². The molecule has 128 valence electrons. The Bertz CT molecular complexity index is 1090. The minimum Gasteiger partial charge on any atom is -0.550 e. The van der Waals surface area contributed by atoms with Crippen LogP contribution in [0.1, 0.15) is 17.9 Å². The summed E-state index contributed by atoms with van der Waals surface area (Å²) in [6.07, 6.45) is 1.46. The van der Waals surface area contributed by atoms with E-state index in [0.717, 1.165) is 21.9 Å². The van der Waals surface area contributed by atoms with E-state index >= 15 is 0 Å². The monoisotopic (exact) mass is 361 g/mol. The van der Waals surface area contributed by atoms with Crippen molar-refractivity contribution in [3.05, 3.63) is 70.7 Å². The highest BCUT2D eigenvalue weighted by Crippen LogP contribution is 2.27. The molecule has 0 aliphatic carbocycles. The number of benzene rings is 2. The van der Waals surface area contributed by atoms with Gasteiger partial charge in [-0.25, -0.2) is 0 Å². The van der Waals surface area contributed by atoms with Crippen LogP contribution in [-0.2, 0) is 4.79 Å². The number of aromatic nitrogens is 2. The second kappa shape index (κ2) is 6.93. The summed E-state index contributed by atoms with van der Waals surface area (Å²) in [5, 5.41) is 21.1. The van der Waals surface area contributed by atoms with Crippen LogP contribution >= 0.6 is 11.3 Å². The summed E-state index contributed by atoms with van der Waals surface area (Å²) in [4.78, 5) is 15.6. The second-order valence-corrected chi connectivity index (χ2v) is 6.50. The van der Waals surface area contributed by atoms with Gasteiger partial charge in [-0.2, -0.15) is 16.3 Å². The number of fused-ring (bicyclic) bond motifs is 1. The largest absolute Gasteiger partial charge is 0.550 e. The lowest BCUT2D eigenvalue weighted by molar-refractivity contribution is -0.304. The third-order valence-corrected chi connectivity index (χ3v) is 4.65. The number of carboxylic acid groups (broad SMARTS) is 1. The van der Waals surface area contributed by atoms with Gasteiger partial charge in [-0.15, -0.1) is 0 Å². The Hall–Kier alpha value is -3.25. The Labute approximate surface area is 153 Å². The van der Waals surface area contributed by atoms with Gasteiger partial charge >= 0.3 is 0 Å². The molecule has 0 unspecified atom stereocenters. The van der Waals surface area contributed by atoms with E-state index in [4.69, 9.17) is 4.52 Å². The third-order valence-electron chi connectivity index (χ3n) is 3.97. The van der Waals surface area contributed by atoms with E-state index in [1.54, 1.807) is 6.08 Å². The van der Waals surface area contributed by atoms with Gasteiger partial charge < -0.3 is 14.4 Å². The normalized spacial score (nSPS) is 11.8. The SMILES string of the molecule is O=C([O-])C/C(=C\c1cccc2ccccc12)c1nc(-c2ccsc2)no1. The van der Waals surface area contributed by atoms with Crippen molar-refractivity contribution in [1.82, 2.24) is 10.1 Å². The second-order valence-electron chi connectivity index (χ2n) is 5.72. The lowest BCUT2D eigenvalue weighted by Gasteiger charge is -2.06. The fraction of sp³-hybridized carbons (Fsp3) is 0.0500. The van der Waals surface area contributed by atoms with Crippen molar-refractivity contribution >= 4 is 39.7 Å². The molecule has 2 heterocycles. The van der Waals surface area contributed by atoms with E-state index in [9.17, 15) is 9.90 Å². The van der Waals surface area contributed by atoms with Gasteiger partial charge in [0.15, 0.2) is 0 Å². The van der Waals surface area contributed by atoms with Crippen molar-refractivity contribution in [2.45, 2.75) is 6.42 Å². The Morgan fingerprint density at radius 3 is 2.81 bits per heavy atom. The first-order chi connectivity index (χ1) is 12.7. The molecule has 4 aromatic rings. The maximum atomic E-state index is 11.2. The van der Waals surface area contributed by atoms with Crippen molar-refractivity contribution in [2.75, 3.05) is 0 Å². The maximum Gasteiger partial charge on any atom is 0.254 e. The van der Waals surface area contributed by atoms with Gasteiger partial charge in [-0.3, -0.25) is 0 Å². The number of carboxylic acids is 1. The lowest BCUT2D eigenvalue weighted by atomic mass is 10.0. The van der Waals surface area contributed by atoms with Gasteiger partial charge in [-0.1, -0.05) is 47.6 Å². The first-order valence-corrected chi connectivity index (χ1v) is 8.90. The maximum absolute atomic E-state index is 11.2. The highest BCUT2D eigenvalue weighted by molar-refractivity contribution is 7.08. The zero-order chi connectivity index (χ0) is 17.9. The summed E-state index contributed by atoms with van der Waals surface area (Å²) in [6.45, 7) is 0. The summed E-state index contributed by atoms with van der Waals surface area (Å²) in [6, 6.07) is 15.6. The molecule has 2 aromatic carbocycles. The Morgan fingerprint density at radius 2 is 2.00 bits per heavy atom. The molecule has 0 N–H and O–H groups in total. The molecule has 0 radical (unpaired) electrons. The Balaban J connectivity index is 1.80. The fourth-order valence-electron chi connectivity index (χ4n) is 2.77. The van der Waals surface area contributed by atoms with E-state index in [-0.39, 0.29) is 12.3 Å². The van der Waals surface area contributed by atoms with Crippen molar-refractivity contribution in [3.63, 3.8) is 0 Å².